The number of rotatable bonds is 7. The number of alkyl halides is 3. The summed E-state index contributed by atoms with van der Waals surface area (Å²) in [5.74, 6) is -0.779. The van der Waals surface area contributed by atoms with Crippen molar-refractivity contribution in [3.8, 4) is 5.75 Å². The average Bonchev–Trinajstić information content (AvgIpc) is 2.61. The Hall–Kier alpha value is -3.03. The minimum absolute atomic E-state index is 0.0337. The largest absolute Gasteiger partial charge is 0.493 e. The van der Waals surface area contributed by atoms with E-state index < -0.39 is 30.2 Å². The maximum atomic E-state index is 12.6. The Labute approximate surface area is 154 Å². The van der Waals surface area contributed by atoms with Crippen LogP contribution in [0.25, 0.3) is 0 Å². The Kier molecular flexibility index (Phi) is 6.81. The van der Waals surface area contributed by atoms with Crippen LogP contribution >= 0.6 is 0 Å². The summed E-state index contributed by atoms with van der Waals surface area (Å²) in [6.07, 6.45) is -4.57. The van der Waals surface area contributed by atoms with Crippen LogP contribution in [0.1, 0.15) is 17.5 Å². The Morgan fingerprint density at radius 1 is 1.07 bits per heavy atom. The van der Waals surface area contributed by atoms with Gasteiger partial charge in [-0.15, -0.1) is 0 Å². The van der Waals surface area contributed by atoms with Gasteiger partial charge >= 0.3 is 12.1 Å². The highest BCUT2D eigenvalue weighted by Crippen LogP contribution is 2.30. The molecule has 0 saturated heterocycles. The van der Waals surface area contributed by atoms with E-state index >= 15 is 0 Å². The molecule has 0 fully saturated rings. The molecule has 1 N–H and O–H groups in total. The summed E-state index contributed by atoms with van der Waals surface area (Å²) in [7, 11) is 0. The van der Waals surface area contributed by atoms with Crippen LogP contribution in [0.4, 0.5) is 18.9 Å². The van der Waals surface area contributed by atoms with Gasteiger partial charge in [0, 0.05) is 5.69 Å². The van der Waals surface area contributed by atoms with E-state index in [1.807, 2.05) is 19.1 Å². The molecule has 0 aliphatic carbocycles. The zero-order valence-corrected chi connectivity index (χ0v) is 14.5. The molecule has 2 aromatic carbocycles. The van der Waals surface area contributed by atoms with E-state index in [-0.39, 0.29) is 18.7 Å². The molecule has 2 rings (SSSR count). The molecule has 0 atom stereocenters. The molecule has 0 saturated carbocycles. The van der Waals surface area contributed by atoms with Crippen LogP contribution in [0.15, 0.2) is 48.5 Å². The van der Waals surface area contributed by atoms with Crippen LogP contribution in [0.5, 0.6) is 5.75 Å². The Morgan fingerprint density at radius 3 is 2.44 bits per heavy atom. The summed E-state index contributed by atoms with van der Waals surface area (Å²) >= 11 is 0. The van der Waals surface area contributed by atoms with Gasteiger partial charge in [-0.25, -0.2) is 0 Å². The summed E-state index contributed by atoms with van der Waals surface area (Å²) in [4.78, 5) is 23.3. The third-order valence-corrected chi connectivity index (χ3v) is 3.43. The zero-order valence-electron chi connectivity index (χ0n) is 14.5. The van der Waals surface area contributed by atoms with Crippen LogP contribution in [0, 0.1) is 6.92 Å². The zero-order chi connectivity index (χ0) is 19.9. The number of hydrogen-bond donors (Lipinski definition) is 1. The van der Waals surface area contributed by atoms with Crippen LogP contribution in [-0.2, 0) is 20.5 Å². The first-order chi connectivity index (χ1) is 12.7. The Bertz CT molecular complexity index is 788. The number of anilines is 1. The second-order valence-corrected chi connectivity index (χ2v) is 5.70. The van der Waals surface area contributed by atoms with E-state index in [1.165, 1.54) is 12.1 Å². The molecule has 144 valence electrons. The number of aryl methyl sites for hydroxylation is 1. The fourth-order valence-electron chi connectivity index (χ4n) is 2.08. The van der Waals surface area contributed by atoms with Gasteiger partial charge in [-0.1, -0.05) is 23.8 Å². The average molecular weight is 381 g/mol. The molecule has 0 radical (unpaired) electrons. The van der Waals surface area contributed by atoms with Gasteiger partial charge in [-0.3, -0.25) is 9.59 Å². The fraction of sp³-hybridized carbons (Fsp3) is 0.263. The number of ether oxygens (including phenoxy) is 2. The predicted octanol–water partition coefficient (Wildman–Crippen LogP) is 3.96. The molecular formula is C19H18F3NO4. The second kappa shape index (κ2) is 9.07. The van der Waals surface area contributed by atoms with Crippen LogP contribution < -0.4 is 10.1 Å². The molecule has 0 spiro atoms. The van der Waals surface area contributed by atoms with Gasteiger partial charge in [0.15, 0.2) is 6.61 Å². The van der Waals surface area contributed by atoms with Crippen LogP contribution in [0.2, 0.25) is 0 Å². The first kappa shape index (κ1) is 20.3. The number of amides is 1. The lowest BCUT2D eigenvalue weighted by molar-refractivity contribution is -0.147. The number of halogens is 3. The van der Waals surface area contributed by atoms with Crippen molar-refractivity contribution in [2.24, 2.45) is 0 Å². The van der Waals surface area contributed by atoms with Gasteiger partial charge in [0.25, 0.3) is 5.91 Å². The number of carbonyl (C=O) groups excluding carboxylic acids is 2. The first-order valence-corrected chi connectivity index (χ1v) is 8.06. The monoisotopic (exact) mass is 381 g/mol. The third kappa shape index (κ3) is 7.01. The number of hydrogen-bond acceptors (Lipinski definition) is 4. The van der Waals surface area contributed by atoms with Crippen molar-refractivity contribution in [3.63, 3.8) is 0 Å². The molecule has 2 aromatic rings. The van der Waals surface area contributed by atoms with Crippen molar-refractivity contribution in [2.45, 2.75) is 19.5 Å². The molecular weight excluding hydrogens is 363 g/mol. The van der Waals surface area contributed by atoms with E-state index in [1.54, 1.807) is 12.1 Å². The van der Waals surface area contributed by atoms with Gasteiger partial charge in [0.2, 0.25) is 0 Å². The van der Waals surface area contributed by atoms with E-state index in [4.69, 9.17) is 9.47 Å². The van der Waals surface area contributed by atoms with Crippen molar-refractivity contribution in [2.75, 3.05) is 18.5 Å². The lowest BCUT2D eigenvalue weighted by Crippen LogP contribution is -2.22. The van der Waals surface area contributed by atoms with Gasteiger partial charge in [-0.2, -0.15) is 13.2 Å². The van der Waals surface area contributed by atoms with Gasteiger partial charge < -0.3 is 14.8 Å². The SMILES string of the molecule is Cc1ccc(OCCC(=O)OCC(=O)Nc2cccc(C(F)(F)F)c2)cc1. The Balaban J connectivity index is 1.72. The number of esters is 1. The summed E-state index contributed by atoms with van der Waals surface area (Å²) in [6, 6.07) is 11.4. The van der Waals surface area contributed by atoms with Crippen molar-refractivity contribution in [3.05, 3.63) is 59.7 Å². The van der Waals surface area contributed by atoms with Gasteiger partial charge in [0.05, 0.1) is 18.6 Å². The fourth-order valence-corrected chi connectivity index (χ4v) is 2.08. The molecule has 0 aliphatic rings. The molecule has 0 unspecified atom stereocenters. The standard InChI is InChI=1S/C19H18F3NO4/c1-13-5-7-16(8-6-13)26-10-9-18(25)27-12-17(24)23-15-4-2-3-14(11-15)19(20,21)22/h2-8,11H,9-10,12H2,1H3,(H,23,24). The smallest absolute Gasteiger partial charge is 0.416 e. The van der Waals surface area contributed by atoms with Crippen LogP contribution in [0.3, 0.4) is 0 Å². The highest BCUT2D eigenvalue weighted by molar-refractivity contribution is 5.92. The van der Waals surface area contributed by atoms with Crippen molar-refractivity contribution < 1.29 is 32.2 Å². The quantitative estimate of drug-likeness (QED) is 0.738. The molecule has 0 bridgehead atoms. The molecule has 8 heteroatoms. The normalized spacial score (nSPS) is 11.0. The molecule has 5 nitrogen and oxygen atoms in total. The number of nitrogens with one attached hydrogen (secondary N) is 1. The lowest BCUT2D eigenvalue weighted by Gasteiger charge is -2.10. The lowest BCUT2D eigenvalue weighted by atomic mass is 10.2. The summed E-state index contributed by atoms with van der Waals surface area (Å²) in [5.41, 5.74) is 0.160. The van der Waals surface area contributed by atoms with Gasteiger partial charge in [0.1, 0.15) is 5.75 Å². The van der Waals surface area contributed by atoms with E-state index in [0.29, 0.717) is 5.75 Å². The highest BCUT2D eigenvalue weighted by atomic mass is 19.4. The van der Waals surface area contributed by atoms with E-state index in [9.17, 15) is 22.8 Å². The number of carbonyl (C=O) groups is 2. The topological polar surface area (TPSA) is 64.6 Å². The molecule has 27 heavy (non-hydrogen) atoms. The summed E-state index contributed by atoms with van der Waals surface area (Å²) < 4.78 is 48.0. The molecule has 0 aromatic heterocycles. The van der Waals surface area contributed by atoms with Crippen molar-refractivity contribution in [1.29, 1.82) is 0 Å². The maximum absolute atomic E-state index is 12.6. The molecule has 1 amide bonds. The minimum atomic E-state index is -4.51. The predicted molar refractivity (Wildman–Crippen MR) is 92.3 cm³/mol. The summed E-state index contributed by atoms with van der Waals surface area (Å²) in [6.45, 7) is 1.42. The van der Waals surface area contributed by atoms with E-state index in [2.05, 4.69) is 5.32 Å². The van der Waals surface area contributed by atoms with Crippen LogP contribution in [-0.4, -0.2) is 25.1 Å². The highest BCUT2D eigenvalue weighted by Gasteiger charge is 2.30. The van der Waals surface area contributed by atoms with Crippen molar-refractivity contribution in [1.82, 2.24) is 0 Å². The summed E-state index contributed by atoms with van der Waals surface area (Å²) in [5, 5.41) is 2.25. The van der Waals surface area contributed by atoms with Gasteiger partial charge in [-0.05, 0) is 37.3 Å². The van der Waals surface area contributed by atoms with E-state index in [0.717, 1.165) is 17.7 Å². The maximum Gasteiger partial charge on any atom is 0.416 e. The molecule has 0 heterocycles. The Morgan fingerprint density at radius 2 is 1.78 bits per heavy atom. The third-order valence-electron chi connectivity index (χ3n) is 3.43. The first-order valence-electron chi connectivity index (χ1n) is 8.06. The molecule has 0 aliphatic heterocycles. The minimum Gasteiger partial charge on any atom is -0.493 e. The second-order valence-electron chi connectivity index (χ2n) is 5.70. The number of benzene rings is 2. The van der Waals surface area contributed by atoms with Crippen molar-refractivity contribution >= 4 is 17.6 Å².